The molecule has 1 N–H and O–H groups in total. The molecule has 0 aliphatic carbocycles. The fraction of sp³-hybridized carbons (Fsp3) is 0.190. The van der Waals surface area contributed by atoms with Crippen LogP contribution >= 0.6 is 23.2 Å². The molecule has 0 saturated carbocycles. The maximum atomic E-state index is 13.1. The first-order valence-corrected chi connectivity index (χ1v) is 9.53. The summed E-state index contributed by atoms with van der Waals surface area (Å²) < 4.78 is 2.16. The molecular formula is C21H19Cl2N3O. The lowest BCUT2D eigenvalue weighted by atomic mass is 10.00. The molecule has 3 aromatic rings. The summed E-state index contributed by atoms with van der Waals surface area (Å²) in [6, 6.07) is 16.8. The van der Waals surface area contributed by atoms with Crippen LogP contribution in [0.1, 0.15) is 22.9 Å². The molecule has 138 valence electrons. The Hall–Kier alpha value is -2.43. The Morgan fingerprint density at radius 3 is 2.70 bits per heavy atom. The van der Waals surface area contributed by atoms with Crippen LogP contribution in [0.25, 0.3) is 0 Å². The number of hydrogen-bond acceptors (Lipinski definition) is 1. The molecule has 1 aliphatic rings. The van der Waals surface area contributed by atoms with Gasteiger partial charge in [-0.3, -0.25) is 0 Å². The molecule has 4 nitrogen and oxygen atoms in total. The lowest BCUT2D eigenvalue weighted by Crippen LogP contribution is -2.44. The van der Waals surface area contributed by atoms with Crippen molar-refractivity contribution in [3.05, 3.63) is 87.7 Å². The van der Waals surface area contributed by atoms with Gasteiger partial charge in [-0.15, -0.1) is 0 Å². The zero-order chi connectivity index (χ0) is 19.0. The van der Waals surface area contributed by atoms with E-state index in [0.29, 0.717) is 16.6 Å². The van der Waals surface area contributed by atoms with Gasteiger partial charge in [0.05, 0.1) is 0 Å². The Bertz CT molecular complexity index is 999. The number of rotatable bonds is 2. The zero-order valence-electron chi connectivity index (χ0n) is 14.8. The van der Waals surface area contributed by atoms with Crippen molar-refractivity contribution in [3.8, 4) is 0 Å². The molecule has 27 heavy (non-hydrogen) atoms. The van der Waals surface area contributed by atoms with Crippen LogP contribution in [0.2, 0.25) is 10.0 Å². The van der Waals surface area contributed by atoms with Gasteiger partial charge in [-0.2, -0.15) is 0 Å². The quantitative estimate of drug-likeness (QED) is 0.585. The van der Waals surface area contributed by atoms with Gasteiger partial charge < -0.3 is 14.8 Å². The van der Waals surface area contributed by atoms with Gasteiger partial charge in [0.25, 0.3) is 0 Å². The monoisotopic (exact) mass is 399 g/mol. The van der Waals surface area contributed by atoms with Gasteiger partial charge in [-0.25, -0.2) is 4.79 Å². The first kappa shape index (κ1) is 18.0. The molecule has 6 heteroatoms. The minimum atomic E-state index is -0.275. The summed E-state index contributed by atoms with van der Waals surface area (Å²) in [6.07, 6.45) is 2.03. The maximum Gasteiger partial charge on any atom is 0.322 e. The van der Waals surface area contributed by atoms with Crippen LogP contribution < -0.4 is 5.32 Å². The van der Waals surface area contributed by atoms with Gasteiger partial charge in [0, 0.05) is 40.7 Å². The fourth-order valence-corrected chi connectivity index (χ4v) is 4.08. The average molecular weight is 400 g/mol. The number of carbonyl (C=O) groups is 1. The Balaban J connectivity index is 1.71. The van der Waals surface area contributed by atoms with Crippen LogP contribution in [0.5, 0.6) is 0 Å². The SMILES string of the molecule is Cc1cccc(NC(=O)N2CCn3cccc3C2c2ccc(Cl)cc2Cl)c1. The summed E-state index contributed by atoms with van der Waals surface area (Å²) in [5.74, 6) is 0. The number of anilines is 1. The Morgan fingerprint density at radius 1 is 1.07 bits per heavy atom. The highest BCUT2D eigenvalue weighted by molar-refractivity contribution is 6.35. The summed E-state index contributed by atoms with van der Waals surface area (Å²) >= 11 is 12.6. The molecule has 1 atom stereocenters. The number of urea groups is 1. The van der Waals surface area contributed by atoms with E-state index < -0.39 is 0 Å². The Morgan fingerprint density at radius 2 is 1.93 bits per heavy atom. The van der Waals surface area contributed by atoms with Crippen LogP contribution in [0.15, 0.2) is 60.8 Å². The largest absolute Gasteiger partial charge is 0.348 e. The van der Waals surface area contributed by atoms with E-state index in [1.54, 1.807) is 12.1 Å². The highest BCUT2D eigenvalue weighted by Gasteiger charge is 2.33. The van der Waals surface area contributed by atoms with Crippen LogP contribution in [-0.4, -0.2) is 22.0 Å². The molecular weight excluding hydrogens is 381 g/mol. The molecule has 1 aliphatic heterocycles. The third-order valence-electron chi connectivity index (χ3n) is 4.83. The number of fused-ring (bicyclic) bond motifs is 1. The summed E-state index contributed by atoms with van der Waals surface area (Å²) in [5, 5.41) is 4.14. The van der Waals surface area contributed by atoms with Gasteiger partial charge in [-0.1, -0.05) is 41.4 Å². The standard InChI is InChI=1S/C21H19Cl2N3O/c1-14-4-2-5-16(12-14)24-21(27)26-11-10-25-9-3-6-19(25)20(26)17-8-7-15(22)13-18(17)23/h2-9,12-13,20H,10-11H2,1H3,(H,24,27). The number of carbonyl (C=O) groups excluding carboxylic acids is 1. The molecule has 1 aromatic heterocycles. The number of benzene rings is 2. The van der Waals surface area contributed by atoms with Crippen molar-refractivity contribution in [1.29, 1.82) is 0 Å². The summed E-state index contributed by atoms with van der Waals surface area (Å²) in [6.45, 7) is 3.33. The highest BCUT2D eigenvalue weighted by Crippen LogP contribution is 2.37. The van der Waals surface area contributed by atoms with Crippen molar-refractivity contribution in [2.45, 2.75) is 19.5 Å². The molecule has 0 fully saturated rings. The smallest absolute Gasteiger partial charge is 0.322 e. The minimum Gasteiger partial charge on any atom is -0.348 e. The van der Waals surface area contributed by atoms with Crippen LogP contribution in [0.4, 0.5) is 10.5 Å². The minimum absolute atomic E-state index is 0.149. The second-order valence-corrected chi connectivity index (χ2v) is 7.53. The van der Waals surface area contributed by atoms with Crippen molar-refractivity contribution in [3.63, 3.8) is 0 Å². The Kier molecular flexibility index (Phi) is 4.85. The lowest BCUT2D eigenvalue weighted by molar-refractivity contribution is 0.182. The summed E-state index contributed by atoms with van der Waals surface area (Å²) in [5.41, 5.74) is 3.77. The highest BCUT2D eigenvalue weighted by atomic mass is 35.5. The molecule has 4 rings (SSSR count). The molecule has 0 radical (unpaired) electrons. The molecule has 0 saturated heterocycles. The van der Waals surface area contributed by atoms with E-state index in [1.165, 1.54) is 0 Å². The number of halogens is 2. The van der Waals surface area contributed by atoms with E-state index in [2.05, 4.69) is 9.88 Å². The average Bonchev–Trinajstić information content (AvgIpc) is 3.10. The summed E-state index contributed by atoms with van der Waals surface area (Å²) in [4.78, 5) is 14.9. The Labute approximate surface area is 168 Å². The maximum absolute atomic E-state index is 13.1. The van der Waals surface area contributed by atoms with E-state index in [-0.39, 0.29) is 12.1 Å². The van der Waals surface area contributed by atoms with Crippen LogP contribution in [0.3, 0.4) is 0 Å². The topological polar surface area (TPSA) is 37.3 Å². The number of aryl methyl sites for hydroxylation is 1. The first-order chi connectivity index (χ1) is 13.0. The van der Waals surface area contributed by atoms with E-state index in [9.17, 15) is 4.79 Å². The lowest BCUT2D eigenvalue weighted by Gasteiger charge is -2.37. The normalized spacial score (nSPS) is 16.1. The molecule has 1 unspecified atom stereocenters. The number of amides is 2. The molecule has 0 spiro atoms. The van der Waals surface area contributed by atoms with Crippen LogP contribution in [0, 0.1) is 6.92 Å². The first-order valence-electron chi connectivity index (χ1n) is 8.77. The molecule has 2 aromatic carbocycles. The van der Waals surface area contributed by atoms with Crippen molar-refractivity contribution in [2.24, 2.45) is 0 Å². The van der Waals surface area contributed by atoms with E-state index in [0.717, 1.165) is 29.1 Å². The second-order valence-electron chi connectivity index (χ2n) is 6.69. The molecule has 0 bridgehead atoms. The summed E-state index contributed by atoms with van der Waals surface area (Å²) in [7, 11) is 0. The number of nitrogens with zero attached hydrogens (tertiary/aromatic N) is 2. The predicted octanol–water partition coefficient (Wildman–Crippen LogP) is 5.74. The third kappa shape index (κ3) is 3.55. The van der Waals surface area contributed by atoms with Crippen LogP contribution in [-0.2, 0) is 6.54 Å². The number of nitrogens with one attached hydrogen (secondary N) is 1. The third-order valence-corrected chi connectivity index (χ3v) is 5.39. The van der Waals surface area contributed by atoms with Gasteiger partial charge >= 0.3 is 6.03 Å². The van der Waals surface area contributed by atoms with E-state index >= 15 is 0 Å². The fourth-order valence-electron chi connectivity index (χ4n) is 3.57. The van der Waals surface area contributed by atoms with E-state index in [1.807, 2.05) is 60.5 Å². The van der Waals surface area contributed by atoms with Crippen molar-refractivity contribution in [2.75, 3.05) is 11.9 Å². The number of hydrogen-bond donors (Lipinski definition) is 1. The van der Waals surface area contributed by atoms with Crippen molar-refractivity contribution in [1.82, 2.24) is 9.47 Å². The van der Waals surface area contributed by atoms with Gasteiger partial charge in [0.2, 0.25) is 0 Å². The van der Waals surface area contributed by atoms with Crippen molar-refractivity contribution < 1.29 is 4.79 Å². The van der Waals surface area contributed by atoms with E-state index in [4.69, 9.17) is 23.2 Å². The van der Waals surface area contributed by atoms with Crippen molar-refractivity contribution >= 4 is 34.9 Å². The van der Waals surface area contributed by atoms with Gasteiger partial charge in [-0.05, 0) is 54.4 Å². The van der Waals surface area contributed by atoms with Gasteiger partial charge in [0.15, 0.2) is 0 Å². The molecule has 2 heterocycles. The molecule has 2 amide bonds. The zero-order valence-corrected chi connectivity index (χ0v) is 16.3. The predicted molar refractivity (Wildman–Crippen MR) is 110 cm³/mol. The van der Waals surface area contributed by atoms with Gasteiger partial charge in [0.1, 0.15) is 6.04 Å². The number of aromatic nitrogens is 1. The second kappa shape index (κ2) is 7.29.